The fraction of sp³-hybridized carbons (Fsp3) is 0.143. The molecule has 62 valence electrons. The van der Waals surface area contributed by atoms with Gasteiger partial charge in [0.25, 0.3) is 0 Å². The van der Waals surface area contributed by atoms with Crippen LogP contribution in [0.4, 0.5) is 0 Å². The van der Waals surface area contributed by atoms with E-state index in [0.717, 1.165) is 4.88 Å². The Bertz CT molecular complexity index is 357. The van der Waals surface area contributed by atoms with Gasteiger partial charge >= 0.3 is 0 Å². The molecule has 5 heteroatoms. The van der Waals surface area contributed by atoms with E-state index in [2.05, 4.69) is 26.1 Å². The summed E-state index contributed by atoms with van der Waals surface area (Å²) in [4.78, 5) is 5.19. The maximum Gasteiger partial charge on any atom is 0.237 e. The Kier molecular flexibility index (Phi) is 2.23. The molecule has 2 aromatic heterocycles. The zero-order chi connectivity index (χ0) is 8.39. The monoisotopic (exact) mass is 244 g/mol. The fourth-order valence-electron chi connectivity index (χ4n) is 0.815. The van der Waals surface area contributed by atoms with Crippen molar-refractivity contribution in [1.29, 1.82) is 0 Å². The normalized spacial score (nSPS) is 10.4. The number of nitrogens with zero attached hydrogens (tertiary/aromatic N) is 2. The van der Waals surface area contributed by atoms with Gasteiger partial charge in [0.2, 0.25) is 11.7 Å². The van der Waals surface area contributed by atoms with Gasteiger partial charge in [-0.15, -0.1) is 11.3 Å². The first-order valence-corrected chi connectivity index (χ1v) is 5.32. The van der Waals surface area contributed by atoms with E-state index in [1.54, 1.807) is 11.3 Å². The molecule has 0 atom stereocenters. The van der Waals surface area contributed by atoms with Gasteiger partial charge in [-0.05, 0) is 11.4 Å². The Morgan fingerprint density at radius 2 is 2.50 bits per heavy atom. The lowest BCUT2D eigenvalue weighted by Crippen LogP contribution is -1.76. The van der Waals surface area contributed by atoms with E-state index in [4.69, 9.17) is 4.52 Å². The molecule has 0 bridgehead atoms. The molecule has 12 heavy (non-hydrogen) atoms. The van der Waals surface area contributed by atoms with E-state index in [-0.39, 0.29) is 0 Å². The lowest BCUT2D eigenvalue weighted by molar-refractivity contribution is 0.392. The minimum Gasteiger partial charge on any atom is -0.338 e. The van der Waals surface area contributed by atoms with Crippen molar-refractivity contribution in [1.82, 2.24) is 10.1 Å². The van der Waals surface area contributed by atoms with Crippen LogP contribution in [0.2, 0.25) is 0 Å². The highest BCUT2D eigenvalue weighted by Gasteiger charge is 2.07. The SMILES string of the molecule is BrCc1nc(-c2cccs2)no1. The molecule has 0 radical (unpaired) electrons. The minimum atomic E-state index is 0.603. The number of halogens is 1. The standard InChI is InChI=1S/C7H5BrN2OS/c8-4-6-9-7(10-11-6)5-2-1-3-12-5/h1-3H,4H2. The number of hydrogen-bond donors (Lipinski definition) is 0. The lowest BCUT2D eigenvalue weighted by atomic mass is 10.4. The average Bonchev–Trinajstić information content (AvgIpc) is 2.75. The third-order valence-electron chi connectivity index (χ3n) is 1.32. The molecule has 0 spiro atoms. The Morgan fingerprint density at radius 1 is 1.58 bits per heavy atom. The summed E-state index contributed by atoms with van der Waals surface area (Å²) >= 11 is 4.84. The van der Waals surface area contributed by atoms with Crippen LogP contribution in [0.5, 0.6) is 0 Å². The Morgan fingerprint density at radius 3 is 3.08 bits per heavy atom. The quantitative estimate of drug-likeness (QED) is 0.763. The molecule has 0 saturated carbocycles. The Hall–Kier alpha value is -0.680. The van der Waals surface area contributed by atoms with Crippen molar-refractivity contribution in [2.75, 3.05) is 0 Å². The van der Waals surface area contributed by atoms with E-state index >= 15 is 0 Å². The molecule has 0 amide bonds. The molecule has 0 fully saturated rings. The number of aromatic nitrogens is 2. The highest BCUT2D eigenvalue weighted by atomic mass is 79.9. The first kappa shape index (κ1) is 7.94. The van der Waals surface area contributed by atoms with E-state index in [9.17, 15) is 0 Å². The first-order valence-electron chi connectivity index (χ1n) is 3.32. The summed E-state index contributed by atoms with van der Waals surface area (Å²) in [5.74, 6) is 1.28. The summed E-state index contributed by atoms with van der Waals surface area (Å²) in [5.41, 5.74) is 0. The van der Waals surface area contributed by atoms with Crippen molar-refractivity contribution in [3.63, 3.8) is 0 Å². The average molecular weight is 245 g/mol. The molecule has 2 aromatic rings. The molecule has 0 saturated heterocycles. The number of rotatable bonds is 2. The Labute approximate surface area is 81.5 Å². The molecular formula is C7H5BrN2OS. The topological polar surface area (TPSA) is 38.9 Å². The second-order valence-corrected chi connectivity index (χ2v) is 3.63. The summed E-state index contributed by atoms with van der Waals surface area (Å²) in [7, 11) is 0. The van der Waals surface area contributed by atoms with Gasteiger partial charge in [0, 0.05) is 0 Å². The lowest BCUT2D eigenvalue weighted by Gasteiger charge is -1.81. The fourth-order valence-corrected chi connectivity index (χ4v) is 1.69. The van der Waals surface area contributed by atoms with Gasteiger partial charge in [0.05, 0.1) is 10.2 Å². The largest absolute Gasteiger partial charge is 0.338 e. The van der Waals surface area contributed by atoms with Gasteiger partial charge in [-0.2, -0.15) is 4.98 Å². The van der Waals surface area contributed by atoms with Crippen LogP contribution in [-0.2, 0) is 5.33 Å². The van der Waals surface area contributed by atoms with Crippen LogP contribution in [0, 0.1) is 0 Å². The number of alkyl halides is 1. The number of hydrogen-bond acceptors (Lipinski definition) is 4. The van der Waals surface area contributed by atoms with Crippen molar-refractivity contribution in [2.24, 2.45) is 0 Å². The third kappa shape index (κ3) is 1.42. The van der Waals surface area contributed by atoms with Gasteiger partial charge in [0.15, 0.2) is 0 Å². The van der Waals surface area contributed by atoms with E-state index in [1.165, 1.54) is 0 Å². The summed E-state index contributed by atoms with van der Waals surface area (Å²) in [6.07, 6.45) is 0. The zero-order valence-corrected chi connectivity index (χ0v) is 8.43. The smallest absolute Gasteiger partial charge is 0.237 e. The molecule has 0 aliphatic carbocycles. The zero-order valence-electron chi connectivity index (χ0n) is 6.03. The van der Waals surface area contributed by atoms with E-state index in [0.29, 0.717) is 17.0 Å². The maximum absolute atomic E-state index is 4.94. The third-order valence-corrected chi connectivity index (χ3v) is 2.67. The van der Waals surface area contributed by atoms with E-state index in [1.807, 2.05) is 17.5 Å². The van der Waals surface area contributed by atoms with Crippen LogP contribution in [0.15, 0.2) is 22.0 Å². The van der Waals surface area contributed by atoms with Crippen LogP contribution in [0.25, 0.3) is 10.7 Å². The summed E-state index contributed by atoms with van der Waals surface area (Å²) in [5, 5.41) is 6.41. The van der Waals surface area contributed by atoms with E-state index < -0.39 is 0 Å². The highest BCUT2D eigenvalue weighted by Crippen LogP contribution is 2.21. The van der Waals surface area contributed by atoms with Gasteiger partial charge < -0.3 is 4.52 Å². The summed E-state index contributed by atoms with van der Waals surface area (Å²) < 4.78 is 4.94. The molecule has 0 aliphatic rings. The van der Waals surface area contributed by atoms with Crippen LogP contribution >= 0.6 is 27.3 Å². The van der Waals surface area contributed by atoms with Crippen molar-refractivity contribution in [2.45, 2.75) is 5.33 Å². The van der Waals surface area contributed by atoms with Crippen molar-refractivity contribution in [3.05, 3.63) is 23.4 Å². The number of thiophene rings is 1. The van der Waals surface area contributed by atoms with Crippen LogP contribution in [0.1, 0.15) is 5.89 Å². The molecular weight excluding hydrogens is 240 g/mol. The van der Waals surface area contributed by atoms with Gasteiger partial charge in [-0.25, -0.2) is 0 Å². The summed E-state index contributed by atoms with van der Waals surface area (Å²) in [6, 6.07) is 3.93. The molecule has 0 unspecified atom stereocenters. The molecule has 0 N–H and O–H groups in total. The molecule has 2 rings (SSSR count). The van der Waals surface area contributed by atoms with Gasteiger partial charge in [-0.1, -0.05) is 27.2 Å². The molecule has 0 aliphatic heterocycles. The molecule has 2 heterocycles. The maximum atomic E-state index is 4.94. The second kappa shape index (κ2) is 3.37. The van der Waals surface area contributed by atoms with Crippen LogP contribution in [0.3, 0.4) is 0 Å². The van der Waals surface area contributed by atoms with Gasteiger partial charge in [0.1, 0.15) is 0 Å². The second-order valence-electron chi connectivity index (χ2n) is 2.12. The molecule has 3 nitrogen and oxygen atoms in total. The van der Waals surface area contributed by atoms with Crippen molar-refractivity contribution < 1.29 is 4.52 Å². The predicted octanol–water partition coefficient (Wildman–Crippen LogP) is 2.69. The first-order chi connectivity index (χ1) is 5.90. The summed E-state index contributed by atoms with van der Waals surface area (Å²) in [6.45, 7) is 0. The van der Waals surface area contributed by atoms with Gasteiger partial charge in [-0.3, -0.25) is 0 Å². The van der Waals surface area contributed by atoms with Crippen molar-refractivity contribution in [3.8, 4) is 10.7 Å². The van der Waals surface area contributed by atoms with Crippen molar-refractivity contribution >= 4 is 27.3 Å². The minimum absolute atomic E-state index is 0.603. The highest BCUT2D eigenvalue weighted by molar-refractivity contribution is 9.08. The Balaban J connectivity index is 2.35. The van der Waals surface area contributed by atoms with Crippen LogP contribution in [-0.4, -0.2) is 10.1 Å². The predicted molar refractivity (Wildman–Crippen MR) is 50.2 cm³/mol. The molecule has 0 aromatic carbocycles. The van der Waals surface area contributed by atoms with Crippen LogP contribution < -0.4 is 0 Å².